The van der Waals surface area contributed by atoms with Crippen LogP contribution in [0.15, 0.2) is 10.6 Å². The standard InChI is InChI=1S/C8H9Cl3O/c1-4-5(3-6(9)10)8(4,2)7(11)12/h3-5H,1-2H3. The summed E-state index contributed by atoms with van der Waals surface area (Å²) in [6.07, 6.45) is 1.67. The van der Waals surface area contributed by atoms with E-state index in [1.165, 1.54) is 0 Å². The van der Waals surface area contributed by atoms with E-state index in [0.29, 0.717) is 0 Å². The Bertz CT molecular complexity index is 245. The Morgan fingerprint density at radius 1 is 1.42 bits per heavy atom. The van der Waals surface area contributed by atoms with E-state index in [1.807, 2.05) is 13.8 Å². The molecule has 1 nitrogen and oxygen atoms in total. The van der Waals surface area contributed by atoms with Crippen LogP contribution >= 0.6 is 34.8 Å². The summed E-state index contributed by atoms with van der Waals surface area (Å²) in [5, 5.41) is -0.314. The van der Waals surface area contributed by atoms with Gasteiger partial charge in [0.15, 0.2) is 0 Å². The quantitative estimate of drug-likeness (QED) is 0.661. The Morgan fingerprint density at radius 2 is 1.92 bits per heavy atom. The molecule has 1 aliphatic carbocycles. The van der Waals surface area contributed by atoms with Gasteiger partial charge in [0.1, 0.15) is 4.49 Å². The van der Waals surface area contributed by atoms with Gasteiger partial charge in [-0.2, -0.15) is 0 Å². The Morgan fingerprint density at radius 3 is 2.17 bits per heavy atom. The fourth-order valence-electron chi connectivity index (χ4n) is 1.53. The Labute approximate surface area is 86.7 Å². The highest BCUT2D eigenvalue weighted by molar-refractivity contribution is 6.65. The van der Waals surface area contributed by atoms with Crippen LogP contribution in [0.3, 0.4) is 0 Å². The zero-order valence-electron chi connectivity index (χ0n) is 6.77. The van der Waals surface area contributed by atoms with E-state index in [4.69, 9.17) is 34.8 Å². The second-order valence-corrected chi connectivity index (χ2v) is 4.68. The van der Waals surface area contributed by atoms with Gasteiger partial charge in [-0.3, -0.25) is 4.79 Å². The van der Waals surface area contributed by atoms with Crippen molar-refractivity contribution < 1.29 is 4.79 Å². The average Bonchev–Trinajstić information content (AvgIpc) is 2.41. The molecule has 0 aliphatic heterocycles. The van der Waals surface area contributed by atoms with Gasteiger partial charge in [-0.15, -0.1) is 0 Å². The van der Waals surface area contributed by atoms with Gasteiger partial charge in [0, 0.05) is 0 Å². The molecule has 0 bridgehead atoms. The van der Waals surface area contributed by atoms with Gasteiger partial charge in [0.25, 0.3) is 0 Å². The molecule has 1 fully saturated rings. The topological polar surface area (TPSA) is 17.1 Å². The molecular weight excluding hydrogens is 218 g/mol. The number of carbonyl (C=O) groups is 1. The van der Waals surface area contributed by atoms with Crippen molar-refractivity contribution in [1.82, 2.24) is 0 Å². The van der Waals surface area contributed by atoms with Crippen LogP contribution in [0, 0.1) is 17.3 Å². The highest BCUT2D eigenvalue weighted by Gasteiger charge is 2.61. The number of hydrogen-bond donors (Lipinski definition) is 0. The van der Waals surface area contributed by atoms with Crippen molar-refractivity contribution in [3.8, 4) is 0 Å². The van der Waals surface area contributed by atoms with Gasteiger partial charge in [-0.25, -0.2) is 0 Å². The number of hydrogen-bond acceptors (Lipinski definition) is 1. The molecule has 1 rings (SSSR count). The number of halogens is 3. The van der Waals surface area contributed by atoms with Crippen molar-refractivity contribution in [3.63, 3.8) is 0 Å². The summed E-state index contributed by atoms with van der Waals surface area (Å²) in [6, 6.07) is 0. The van der Waals surface area contributed by atoms with Crippen molar-refractivity contribution in [2.24, 2.45) is 17.3 Å². The summed E-state index contributed by atoms with van der Waals surface area (Å²) in [7, 11) is 0. The van der Waals surface area contributed by atoms with Crippen molar-refractivity contribution in [1.29, 1.82) is 0 Å². The van der Waals surface area contributed by atoms with Crippen molar-refractivity contribution in [2.75, 3.05) is 0 Å². The van der Waals surface area contributed by atoms with Crippen LogP contribution in [-0.2, 0) is 4.79 Å². The summed E-state index contributed by atoms with van der Waals surface area (Å²) < 4.78 is 0.202. The third-order valence-corrected chi connectivity index (χ3v) is 3.46. The zero-order chi connectivity index (χ0) is 9.52. The molecule has 0 radical (unpaired) electrons. The first-order valence-electron chi connectivity index (χ1n) is 3.63. The number of carbonyl (C=O) groups excluding carboxylic acids is 1. The van der Waals surface area contributed by atoms with Crippen LogP contribution in [-0.4, -0.2) is 5.24 Å². The molecule has 12 heavy (non-hydrogen) atoms. The lowest BCUT2D eigenvalue weighted by Crippen LogP contribution is -2.07. The first kappa shape index (κ1) is 10.4. The fraction of sp³-hybridized carbons (Fsp3) is 0.625. The normalized spacial score (nSPS) is 39.1. The van der Waals surface area contributed by atoms with E-state index in [1.54, 1.807) is 6.08 Å². The lowest BCUT2D eigenvalue weighted by atomic mass is 10.1. The van der Waals surface area contributed by atoms with Gasteiger partial charge in [0.05, 0.1) is 5.41 Å². The van der Waals surface area contributed by atoms with Crippen LogP contribution in [0.25, 0.3) is 0 Å². The van der Waals surface area contributed by atoms with Crippen molar-refractivity contribution >= 4 is 40.0 Å². The Balaban J connectivity index is 2.77. The van der Waals surface area contributed by atoms with Crippen molar-refractivity contribution in [2.45, 2.75) is 13.8 Å². The summed E-state index contributed by atoms with van der Waals surface area (Å²) >= 11 is 16.4. The Hall–Kier alpha value is 0.280. The lowest BCUT2D eigenvalue weighted by Gasteiger charge is -2.00. The van der Waals surface area contributed by atoms with Crippen LogP contribution < -0.4 is 0 Å². The number of allylic oxidation sites excluding steroid dienone is 1. The van der Waals surface area contributed by atoms with Crippen molar-refractivity contribution in [3.05, 3.63) is 10.6 Å². The minimum absolute atomic E-state index is 0.0903. The number of rotatable bonds is 2. The van der Waals surface area contributed by atoms with E-state index in [9.17, 15) is 4.79 Å². The second-order valence-electron chi connectivity index (χ2n) is 3.33. The van der Waals surface area contributed by atoms with Crippen LogP contribution in [0.4, 0.5) is 0 Å². The Kier molecular flexibility index (Phi) is 2.77. The van der Waals surface area contributed by atoms with Gasteiger partial charge in [-0.1, -0.05) is 37.0 Å². The van der Waals surface area contributed by atoms with Gasteiger partial charge in [0.2, 0.25) is 5.24 Å². The van der Waals surface area contributed by atoms with Crippen LogP contribution in [0.5, 0.6) is 0 Å². The highest BCUT2D eigenvalue weighted by Crippen LogP contribution is 2.60. The molecule has 0 spiro atoms. The van der Waals surface area contributed by atoms with E-state index in [0.717, 1.165) is 0 Å². The molecule has 0 amide bonds. The molecule has 3 atom stereocenters. The summed E-state index contributed by atoms with van der Waals surface area (Å²) in [5.74, 6) is 0.322. The van der Waals surface area contributed by atoms with E-state index < -0.39 is 5.41 Å². The second kappa shape index (κ2) is 3.21. The SMILES string of the molecule is CC1C(C=C(Cl)Cl)C1(C)C(=O)Cl. The van der Waals surface area contributed by atoms with E-state index in [2.05, 4.69) is 0 Å². The molecular formula is C8H9Cl3O. The molecule has 0 N–H and O–H groups in total. The van der Waals surface area contributed by atoms with E-state index in [-0.39, 0.29) is 21.6 Å². The molecule has 68 valence electrons. The zero-order valence-corrected chi connectivity index (χ0v) is 9.04. The smallest absolute Gasteiger partial charge is 0.228 e. The lowest BCUT2D eigenvalue weighted by molar-refractivity contribution is -0.116. The summed E-state index contributed by atoms with van der Waals surface area (Å²) in [6.45, 7) is 3.78. The molecule has 3 unspecified atom stereocenters. The first-order chi connectivity index (χ1) is 5.40. The molecule has 0 heterocycles. The molecule has 0 aromatic rings. The largest absolute Gasteiger partial charge is 0.281 e. The third-order valence-electron chi connectivity index (χ3n) is 2.80. The molecule has 0 saturated heterocycles. The minimum Gasteiger partial charge on any atom is -0.281 e. The van der Waals surface area contributed by atoms with Gasteiger partial charge < -0.3 is 0 Å². The summed E-state index contributed by atoms with van der Waals surface area (Å²) in [5.41, 5.74) is -0.462. The highest BCUT2D eigenvalue weighted by atomic mass is 35.5. The maximum atomic E-state index is 11.0. The van der Waals surface area contributed by atoms with Gasteiger partial charge >= 0.3 is 0 Å². The van der Waals surface area contributed by atoms with Gasteiger partial charge in [-0.05, 0) is 29.5 Å². The predicted molar refractivity (Wildman–Crippen MR) is 51.4 cm³/mol. The predicted octanol–water partition coefficient (Wildman–Crippen LogP) is 3.34. The first-order valence-corrected chi connectivity index (χ1v) is 4.77. The van der Waals surface area contributed by atoms with E-state index >= 15 is 0 Å². The fourth-order valence-corrected chi connectivity index (χ4v) is 2.10. The maximum Gasteiger partial charge on any atom is 0.228 e. The average molecular weight is 228 g/mol. The molecule has 0 aromatic heterocycles. The summed E-state index contributed by atoms with van der Waals surface area (Å²) in [4.78, 5) is 11.0. The minimum atomic E-state index is -0.462. The third kappa shape index (κ3) is 1.50. The molecule has 1 saturated carbocycles. The molecule has 0 aromatic carbocycles. The maximum absolute atomic E-state index is 11.0. The van der Waals surface area contributed by atoms with Crippen LogP contribution in [0.1, 0.15) is 13.8 Å². The monoisotopic (exact) mass is 226 g/mol. The molecule has 1 aliphatic rings. The molecule has 4 heteroatoms. The van der Waals surface area contributed by atoms with Crippen LogP contribution in [0.2, 0.25) is 0 Å².